The second-order valence-electron chi connectivity index (χ2n) is 17.0. The summed E-state index contributed by atoms with van der Waals surface area (Å²) >= 11 is 0. The minimum atomic E-state index is -0.878. The fourth-order valence-electron chi connectivity index (χ4n) is 7.01. The maximum Gasteiger partial charge on any atom is 0.362 e. The molecule has 0 aromatic heterocycles. The van der Waals surface area contributed by atoms with Crippen molar-refractivity contribution in [3.63, 3.8) is 0 Å². The highest BCUT2D eigenvalue weighted by Crippen LogP contribution is 2.16. The molecule has 56 heavy (non-hydrogen) atoms. The SMILES string of the molecule is CC/C=C/C/C=C/CCCCC(=O)OCC(COCCC(C(=O)O)[N+](C)(C)C)OC(=O)CCCCCCCCCCCCCCCCCCCCCCCCC. The lowest BCUT2D eigenvalue weighted by Crippen LogP contribution is -2.50. The van der Waals surface area contributed by atoms with Crippen LogP contribution in [0.4, 0.5) is 0 Å². The number of carboxylic acids is 1. The summed E-state index contributed by atoms with van der Waals surface area (Å²) in [5.41, 5.74) is 0. The molecule has 8 heteroatoms. The van der Waals surface area contributed by atoms with Crippen molar-refractivity contribution in [2.75, 3.05) is 41.0 Å². The van der Waals surface area contributed by atoms with E-state index >= 15 is 0 Å². The molecule has 0 radical (unpaired) electrons. The van der Waals surface area contributed by atoms with Gasteiger partial charge in [0.25, 0.3) is 0 Å². The molecule has 2 unspecified atom stereocenters. The lowest BCUT2D eigenvalue weighted by molar-refractivity contribution is -0.887. The first-order chi connectivity index (χ1) is 27.1. The van der Waals surface area contributed by atoms with Gasteiger partial charge in [-0.2, -0.15) is 0 Å². The van der Waals surface area contributed by atoms with Gasteiger partial charge in [-0.25, -0.2) is 4.79 Å². The molecule has 0 rings (SSSR count). The number of nitrogens with zero attached hydrogens (tertiary/aromatic N) is 1. The highest BCUT2D eigenvalue weighted by atomic mass is 16.6. The van der Waals surface area contributed by atoms with Crippen molar-refractivity contribution in [3.05, 3.63) is 24.3 Å². The van der Waals surface area contributed by atoms with Crippen molar-refractivity contribution >= 4 is 17.9 Å². The van der Waals surface area contributed by atoms with Crippen molar-refractivity contribution in [2.45, 2.75) is 225 Å². The van der Waals surface area contributed by atoms with Crippen LogP contribution in [0.1, 0.15) is 213 Å². The number of ether oxygens (including phenoxy) is 3. The second kappa shape index (κ2) is 39.6. The number of allylic oxidation sites excluding steroid dienone is 4. The summed E-state index contributed by atoms with van der Waals surface area (Å²) in [6.07, 6.45) is 44.0. The third-order valence-electron chi connectivity index (χ3n) is 10.6. The van der Waals surface area contributed by atoms with E-state index in [1.54, 1.807) is 0 Å². The highest BCUT2D eigenvalue weighted by molar-refractivity contribution is 5.72. The first kappa shape index (κ1) is 53.8. The number of hydrogen-bond acceptors (Lipinski definition) is 6. The van der Waals surface area contributed by atoms with E-state index in [1.165, 1.54) is 128 Å². The van der Waals surface area contributed by atoms with E-state index in [2.05, 4.69) is 38.2 Å². The van der Waals surface area contributed by atoms with Gasteiger partial charge >= 0.3 is 17.9 Å². The molecule has 0 amide bonds. The Kier molecular flexibility index (Phi) is 38.1. The van der Waals surface area contributed by atoms with Gasteiger partial charge in [0.2, 0.25) is 0 Å². The Hall–Kier alpha value is -2.19. The van der Waals surface area contributed by atoms with Crippen molar-refractivity contribution in [3.8, 4) is 0 Å². The van der Waals surface area contributed by atoms with Crippen LogP contribution in [0.5, 0.6) is 0 Å². The van der Waals surface area contributed by atoms with Gasteiger partial charge in [0.1, 0.15) is 6.61 Å². The van der Waals surface area contributed by atoms with E-state index < -0.39 is 18.1 Å². The number of carbonyl (C=O) groups is 3. The van der Waals surface area contributed by atoms with Crippen LogP contribution in [-0.4, -0.2) is 80.6 Å². The zero-order valence-corrected chi connectivity index (χ0v) is 37.3. The van der Waals surface area contributed by atoms with E-state index in [9.17, 15) is 19.5 Å². The number of carbonyl (C=O) groups excluding carboxylic acids is 2. The summed E-state index contributed by atoms with van der Waals surface area (Å²) in [7, 11) is 5.52. The summed E-state index contributed by atoms with van der Waals surface area (Å²) < 4.78 is 17.2. The van der Waals surface area contributed by atoms with Gasteiger partial charge in [-0.3, -0.25) is 9.59 Å². The minimum Gasteiger partial charge on any atom is -0.477 e. The molecule has 0 aliphatic heterocycles. The van der Waals surface area contributed by atoms with E-state index in [0.717, 1.165) is 51.4 Å². The zero-order chi connectivity index (χ0) is 41.4. The summed E-state index contributed by atoms with van der Waals surface area (Å²) in [5, 5.41) is 9.61. The molecule has 0 spiro atoms. The topological polar surface area (TPSA) is 99.1 Å². The van der Waals surface area contributed by atoms with Gasteiger partial charge < -0.3 is 23.8 Å². The largest absolute Gasteiger partial charge is 0.477 e. The van der Waals surface area contributed by atoms with Crippen molar-refractivity contribution in [2.24, 2.45) is 0 Å². The molecular formula is C48H90NO7+. The lowest BCUT2D eigenvalue weighted by atomic mass is 10.0. The van der Waals surface area contributed by atoms with Crippen molar-refractivity contribution < 1.29 is 38.2 Å². The average molecular weight is 793 g/mol. The fourth-order valence-corrected chi connectivity index (χ4v) is 7.01. The van der Waals surface area contributed by atoms with Crippen LogP contribution in [0.3, 0.4) is 0 Å². The molecule has 0 aromatic rings. The Morgan fingerprint density at radius 1 is 0.554 bits per heavy atom. The summed E-state index contributed by atoms with van der Waals surface area (Å²) in [5.74, 6) is -1.50. The standard InChI is InChI=1S/C48H89NO7/c1-6-8-10-12-14-16-17-18-19-20-21-22-23-24-25-26-27-28-29-31-33-35-37-39-47(51)56-44(42-54-41-40-45(48(52)53)49(3,4)5)43-55-46(50)38-36-34-32-30-15-13-11-9-7-2/h9,11,15,30,44-45H,6-8,10,12-14,16-29,31-43H2,1-5H3/p+1/b11-9+,30-15+. The van der Waals surface area contributed by atoms with Crippen LogP contribution in [0.2, 0.25) is 0 Å². The molecule has 0 aromatic carbocycles. The Morgan fingerprint density at radius 3 is 1.46 bits per heavy atom. The molecule has 2 atom stereocenters. The van der Waals surface area contributed by atoms with E-state index in [4.69, 9.17) is 14.2 Å². The Morgan fingerprint density at radius 2 is 1.00 bits per heavy atom. The van der Waals surface area contributed by atoms with Crippen molar-refractivity contribution in [1.29, 1.82) is 0 Å². The molecular weight excluding hydrogens is 703 g/mol. The molecule has 0 fully saturated rings. The van der Waals surface area contributed by atoms with Gasteiger partial charge in [0.15, 0.2) is 12.1 Å². The zero-order valence-electron chi connectivity index (χ0n) is 37.3. The predicted molar refractivity (Wildman–Crippen MR) is 234 cm³/mol. The predicted octanol–water partition coefficient (Wildman–Crippen LogP) is 12.9. The van der Waals surface area contributed by atoms with Gasteiger partial charge in [-0.15, -0.1) is 0 Å². The molecule has 0 saturated heterocycles. The van der Waals surface area contributed by atoms with Gasteiger partial charge in [-0.1, -0.05) is 179 Å². The maximum atomic E-state index is 12.7. The highest BCUT2D eigenvalue weighted by Gasteiger charge is 2.31. The third-order valence-corrected chi connectivity index (χ3v) is 10.6. The van der Waals surface area contributed by atoms with Gasteiger partial charge in [0, 0.05) is 19.3 Å². The molecule has 0 saturated carbocycles. The molecule has 0 heterocycles. The average Bonchev–Trinajstić information content (AvgIpc) is 3.15. The normalized spacial score (nSPS) is 13.1. The van der Waals surface area contributed by atoms with Gasteiger partial charge in [0.05, 0.1) is 34.4 Å². The van der Waals surface area contributed by atoms with Gasteiger partial charge in [-0.05, 0) is 38.5 Å². The number of rotatable bonds is 42. The van der Waals surface area contributed by atoms with E-state index in [-0.39, 0.29) is 36.2 Å². The second-order valence-corrected chi connectivity index (χ2v) is 17.0. The molecule has 328 valence electrons. The summed E-state index contributed by atoms with van der Waals surface area (Å²) in [6.45, 7) is 4.60. The molecule has 1 N–H and O–H groups in total. The first-order valence-corrected chi connectivity index (χ1v) is 23.4. The summed E-state index contributed by atoms with van der Waals surface area (Å²) in [6, 6.07) is -0.615. The van der Waals surface area contributed by atoms with Crippen LogP contribution < -0.4 is 0 Å². The van der Waals surface area contributed by atoms with Crippen LogP contribution in [0.25, 0.3) is 0 Å². The van der Waals surface area contributed by atoms with E-state index in [0.29, 0.717) is 19.3 Å². The number of likely N-dealkylation sites (N-methyl/N-ethyl adjacent to an activating group) is 1. The summed E-state index contributed by atoms with van der Waals surface area (Å²) in [4.78, 5) is 36.9. The Labute approximate surface area is 345 Å². The van der Waals surface area contributed by atoms with Crippen molar-refractivity contribution in [1.82, 2.24) is 0 Å². The smallest absolute Gasteiger partial charge is 0.362 e. The first-order valence-electron chi connectivity index (χ1n) is 23.4. The fraction of sp³-hybridized carbons (Fsp3) is 0.854. The molecule has 0 aliphatic carbocycles. The number of carboxylic acid groups (broad SMARTS) is 1. The van der Waals surface area contributed by atoms with Crippen LogP contribution in [0.15, 0.2) is 24.3 Å². The minimum absolute atomic E-state index is 0.0547. The third kappa shape index (κ3) is 37.4. The Bertz CT molecular complexity index is 973. The lowest BCUT2D eigenvalue weighted by Gasteiger charge is -2.31. The number of hydrogen-bond donors (Lipinski definition) is 1. The molecule has 0 bridgehead atoms. The van der Waals surface area contributed by atoms with Crippen LogP contribution >= 0.6 is 0 Å². The number of unbranched alkanes of at least 4 members (excludes halogenated alkanes) is 24. The number of quaternary nitrogens is 1. The van der Waals surface area contributed by atoms with E-state index in [1.807, 2.05) is 21.1 Å². The molecule has 8 nitrogen and oxygen atoms in total. The maximum absolute atomic E-state index is 12.7. The van der Waals surface area contributed by atoms with Crippen LogP contribution in [0, 0.1) is 0 Å². The van der Waals surface area contributed by atoms with Crippen LogP contribution in [-0.2, 0) is 28.6 Å². The molecule has 0 aliphatic rings. The Balaban J connectivity index is 4.13. The number of esters is 2. The number of aliphatic carboxylic acids is 1. The quantitative estimate of drug-likeness (QED) is 0.0284. The monoisotopic (exact) mass is 793 g/mol.